The van der Waals surface area contributed by atoms with Gasteiger partial charge in [0.2, 0.25) is 6.23 Å². The van der Waals surface area contributed by atoms with Gasteiger partial charge < -0.3 is 10.5 Å². The van der Waals surface area contributed by atoms with Gasteiger partial charge in [-0.1, -0.05) is 0 Å². The molecule has 9 heteroatoms. The zero-order valence-corrected chi connectivity index (χ0v) is 8.23. The number of halogens is 3. The molecule has 0 fully saturated rings. The van der Waals surface area contributed by atoms with Crippen LogP contribution in [-0.4, -0.2) is 27.3 Å². The van der Waals surface area contributed by atoms with Gasteiger partial charge in [0.1, 0.15) is 12.0 Å². The molecule has 1 amide bonds. The van der Waals surface area contributed by atoms with Crippen molar-refractivity contribution in [2.24, 2.45) is 5.73 Å². The summed E-state index contributed by atoms with van der Waals surface area (Å²) in [5, 5.41) is 5.87. The Balaban J connectivity index is 2.36. The summed E-state index contributed by atoms with van der Waals surface area (Å²) >= 11 is 0. The monoisotopic (exact) mass is 248 g/mol. The maximum absolute atomic E-state index is 12.8. The largest absolute Gasteiger partial charge is 0.488 e. The predicted molar refractivity (Wildman–Crippen MR) is 47.6 cm³/mol. The Kier molecular flexibility index (Phi) is 2.45. The fourth-order valence-corrected chi connectivity index (χ4v) is 1.44. The molecule has 0 radical (unpaired) electrons. The minimum atomic E-state index is -4.78. The highest BCUT2D eigenvalue weighted by Crippen LogP contribution is 2.40. The lowest BCUT2D eigenvalue weighted by Crippen LogP contribution is -2.41. The summed E-state index contributed by atoms with van der Waals surface area (Å²) in [5.74, 6) is -1.21. The molecule has 1 unspecified atom stereocenters. The number of nitrogens with zero attached hydrogens (tertiary/aromatic N) is 2. The number of carbonyl (C=O) groups is 1. The summed E-state index contributed by atoms with van der Waals surface area (Å²) in [6.45, 7) is 0. The lowest BCUT2D eigenvalue weighted by Gasteiger charge is -2.27. The number of hydrogen-bond donors (Lipinski definition) is 2. The normalized spacial score (nSPS) is 20.1. The highest BCUT2D eigenvalue weighted by molar-refractivity contribution is 5.91. The van der Waals surface area contributed by atoms with Gasteiger partial charge in [0.05, 0.1) is 11.8 Å². The van der Waals surface area contributed by atoms with Crippen LogP contribution < -0.4 is 5.73 Å². The van der Waals surface area contributed by atoms with E-state index in [0.717, 1.165) is 0 Å². The van der Waals surface area contributed by atoms with Crippen LogP contribution >= 0.6 is 0 Å². The van der Waals surface area contributed by atoms with E-state index in [1.807, 2.05) is 0 Å². The SMILES string of the molecule is NC(=O)C1=COC(c2cn[nH]c2)N1C(F)(F)F. The summed E-state index contributed by atoms with van der Waals surface area (Å²) in [6.07, 6.45) is -3.17. The Hall–Kier alpha value is -2.19. The molecule has 92 valence electrons. The molecule has 6 nitrogen and oxygen atoms in total. The minimum Gasteiger partial charge on any atom is -0.471 e. The lowest BCUT2D eigenvalue weighted by atomic mass is 10.3. The van der Waals surface area contributed by atoms with Gasteiger partial charge in [-0.2, -0.15) is 5.10 Å². The molecule has 0 bridgehead atoms. The number of H-pyrrole nitrogens is 1. The molecule has 2 heterocycles. The van der Waals surface area contributed by atoms with Crippen molar-refractivity contribution in [1.82, 2.24) is 15.1 Å². The number of hydrogen-bond acceptors (Lipinski definition) is 4. The van der Waals surface area contributed by atoms with Crippen molar-refractivity contribution in [3.05, 3.63) is 29.9 Å². The molecule has 0 spiro atoms. The maximum Gasteiger partial charge on any atom is 0.488 e. The number of nitrogens with one attached hydrogen (secondary N) is 1. The molecule has 3 N–H and O–H groups in total. The molecule has 0 saturated heterocycles. The first kappa shape index (κ1) is 11.3. The number of aromatic amines is 1. The first-order valence-corrected chi connectivity index (χ1v) is 4.41. The van der Waals surface area contributed by atoms with Gasteiger partial charge >= 0.3 is 6.30 Å². The average Bonchev–Trinajstić information content (AvgIpc) is 2.85. The van der Waals surface area contributed by atoms with Crippen molar-refractivity contribution in [2.75, 3.05) is 0 Å². The molecule has 17 heavy (non-hydrogen) atoms. The molecule has 1 aromatic rings. The Morgan fingerprint density at radius 2 is 2.29 bits per heavy atom. The molecular formula is C8H7F3N4O2. The standard InChI is InChI=1S/C8H7F3N4O2/c9-8(10,11)15-5(6(12)16)3-17-7(15)4-1-13-14-2-4/h1-3,7H,(H2,12,16)(H,13,14). The van der Waals surface area contributed by atoms with Crippen LogP contribution in [0.4, 0.5) is 13.2 Å². The lowest BCUT2D eigenvalue weighted by molar-refractivity contribution is -0.261. The van der Waals surface area contributed by atoms with Crippen LogP contribution in [0, 0.1) is 0 Å². The second-order valence-corrected chi connectivity index (χ2v) is 3.23. The van der Waals surface area contributed by atoms with E-state index in [1.165, 1.54) is 12.4 Å². The molecular weight excluding hydrogens is 241 g/mol. The molecule has 0 aliphatic carbocycles. The van der Waals surface area contributed by atoms with Crippen molar-refractivity contribution < 1.29 is 22.7 Å². The number of rotatable bonds is 2. The van der Waals surface area contributed by atoms with Gasteiger partial charge in [-0.15, -0.1) is 13.2 Å². The molecule has 1 aliphatic heterocycles. The van der Waals surface area contributed by atoms with Crippen LogP contribution in [0.2, 0.25) is 0 Å². The van der Waals surface area contributed by atoms with E-state index in [9.17, 15) is 18.0 Å². The van der Waals surface area contributed by atoms with Crippen LogP contribution in [0.3, 0.4) is 0 Å². The van der Waals surface area contributed by atoms with E-state index in [2.05, 4.69) is 10.2 Å². The first-order chi connectivity index (χ1) is 7.91. The van der Waals surface area contributed by atoms with Crippen LogP contribution in [0.5, 0.6) is 0 Å². The van der Waals surface area contributed by atoms with E-state index in [0.29, 0.717) is 6.26 Å². The molecule has 1 aromatic heterocycles. The summed E-state index contributed by atoms with van der Waals surface area (Å²) in [6, 6.07) is 0. The Labute approximate surface area is 92.8 Å². The zero-order valence-electron chi connectivity index (χ0n) is 8.23. The highest BCUT2D eigenvalue weighted by atomic mass is 19.4. The van der Waals surface area contributed by atoms with Crippen molar-refractivity contribution in [2.45, 2.75) is 12.5 Å². The Bertz CT molecular complexity index is 454. The maximum atomic E-state index is 12.8. The molecule has 0 aromatic carbocycles. The first-order valence-electron chi connectivity index (χ1n) is 4.41. The van der Waals surface area contributed by atoms with E-state index in [-0.39, 0.29) is 10.5 Å². The predicted octanol–water partition coefficient (Wildman–Crippen LogP) is 0.587. The molecule has 0 saturated carbocycles. The van der Waals surface area contributed by atoms with E-state index in [1.54, 1.807) is 0 Å². The van der Waals surface area contributed by atoms with Crippen molar-refractivity contribution >= 4 is 5.91 Å². The van der Waals surface area contributed by atoms with Crippen molar-refractivity contribution in [3.8, 4) is 0 Å². The summed E-state index contributed by atoms with van der Waals surface area (Å²) < 4.78 is 43.1. The molecule has 2 rings (SSSR count). The van der Waals surface area contributed by atoms with Crippen molar-refractivity contribution in [1.29, 1.82) is 0 Å². The molecule has 1 aliphatic rings. The Morgan fingerprint density at radius 1 is 1.59 bits per heavy atom. The Morgan fingerprint density at radius 3 is 2.76 bits per heavy atom. The second-order valence-electron chi connectivity index (χ2n) is 3.23. The average molecular weight is 248 g/mol. The summed E-state index contributed by atoms with van der Waals surface area (Å²) in [7, 11) is 0. The van der Waals surface area contributed by atoms with Gasteiger partial charge in [0, 0.05) is 6.20 Å². The van der Waals surface area contributed by atoms with Gasteiger partial charge in [0.25, 0.3) is 5.91 Å². The fraction of sp³-hybridized carbons (Fsp3) is 0.250. The third-order valence-corrected chi connectivity index (χ3v) is 2.13. The van der Waals surface area contributed by atoms with Crippen LogP contribution in [-0.2, 0) is 9.53 Å². The number of primary amides is 1. The summed E-state index contributed by atoms with van der Waals surface area (Å²) in [5.41, 5.74) is 4.24. The van der Waals surface area contributed by atoms with Gasteiger partial charge in [-0.05, 0) is 0 Å². The topological polar surface area (TPSA) is 84.2 Å². The fourth-order valence-electron chi connectivity index (χ4n) is 1.44. The van der Waals surface area contributed by atoms with E-state index < -0.39 is 24.1 Å². The smallest absolute Gasteiger partial charge is 0.471 e. The second kappa shape index (κ2) is 3.68. The third-order valence-electron chi connectivity index (χ3n) is 2.13. The summed E-state index contributed by atoms with van der Waals surface area (Å²) in [4.78, 5) is 10.7. The minimum absolute atomic E-state index is 0.134. The van der Waals surface area contributed by atoms with E-state index in [4.69, 9.17) is 10.5 Å². The quantitative estimate of drug-likeness (QED) is 0.750. The number of carbonyl (C=O) groups excluding carboxylic acids is 1. The molecule has 1 atom stereocenters. The van der Waals surface area contributed by atoms with Crippen LogP contribution in [0.15, 0.2) is 24.4 Å². The van der Waals surface area contributed by atoms with Gasteiger partial charge in [-0.3, -0.25) is 9.89 Å². The zero-order chi connectivity index (χ0) is 12.6. The van der Waals surface area contributed by atoms with Gasteiger partial charge in [0.15, 0.2) is 0 Å². The third kappa shape index (κ3) is 1.90. The number of amides is 1. The van der Waals surface area contributed by atoms with Gasteiger partial charge in [-0.25, -0.2) is 4.90 Å². The van der Waals surface area contributed by atoms with E-state index >= 15 is 0 Å². The number of alkyl halides is 3. The van der Waals surface area contributed by atoms with Crippen LogP contribution in [0.25, 0.3) is 0 Å². The van der Waals surface area contributed by atoms with Crippen LogP contribution in [0.1, 0.15) is 11.8 Å². The number of aromatic nitrogens is 2. The highest BCUT2D eigenvalue weighted by Gasteiger charge is 2.49. The number of ether oxygens (including phenoxy) is 1. The van der Waals surface area contributed by atoms with Crippen molar-refractivity contribution in [3.63, 3.8) is 0 Å². The number of nitrogens with two attached hydrogens (primary N) is 1.